The minimum Gasteiger partial charge on any atom is -0.550 e. The second kappa shape index (κ2) is 3.73. The standard InChI is InChI=1S/C11H12N2O2/c1-8(6-11(14)15)13-7-12-9-4-2-3-5-10(9)13/h2-5,7-8H,6H2,1H3,(H,14,15)/p-1/t8-/m0/s1. The van der Waals surface area contributed by atoms with E-state index in [1.165, 1.54) is 0 Å². The summed E-state index contributed by atoms with van der Waals surface area (Å²) in [6, 6.07) is 7.50. The molecule has 0 unspecified atom stereocenters. The van der Waals surface area contributed by atoms with Crippen molar-refractivity contribution < 1.29 is 9.90 Å². The first-order chi connectivity index (χ1) is 7.18. The lowest BCUT2D eigenvalue weighted by molar-refractivity contribution is -0.306. The maximum absolute atomic E-state index is 10.5. The molecule has 15 heavy (non-hydrogen) atoms. The molecule has 0 aliphatic rings. The molecule has 0 bridgehead atoms. The van der Waals surface area contributed by atoms with Crippen LogP contribution in [0.5, 0.6) is 0 Å². The van der Waals surface area contributed by atoms with Crippen LogP contribution >= 0.6 is 0 Å². The molecule has 2 aromatic rings. The Morgan fingerprint density at radius 1 is 1.53 bits per heavy atom. The number of hydrogen-bond acceptors (Lipinski definition) is 3. The Morgan fingerprint density at radius 3 is 3.00 bits per heavy atom. The Morgan fingerprint density at radius 2 is 2.27 bits per heavy atom. The molecule has 2 rings (SSSR count). The van der Waals surface area contributed by atoms with Crippen molar-refractivity contribution in [2.24, 2.45) is 0 Å². The summed E-state index contributed by atoms with van der Waals surface area (Å²) in [7, 11) is 0. The number of rotatable bonds is 3. The number of imidazole rings is 1. The van der Waals surface area contributed by atoms with E-state index in [4.69, 9.17) is 0 Å². The van der Waals surface area contributed by atoms with E-state index in [1.807, 2.05) is 35.8 Å². The van der Waals surface area contributed by atoms with E-state index in [-0.39, 0.29) is 12.5 Å². The van der Waals surface area contributed by atoms with Crippen molar-refractivity contribution in [1.82, 2.24) is 9.55 Å². The number of aromatic nitrogens is 2. The smallest absolute Gasteiger partial charge is 0.0960 e. The SMILES string of the molecule is C[C@@H](CC(=O)[O-])n1cnc2ccccc21. The van der Waals surface area contributed by atoms with Gasteiger partial charge in [-0.15, -0.1) is 0 Å². The first-order valence-corrected chi connectivity index (χ1v) is 4.80. The lowest BCUT2D eigenvalue weighted by atomic mass is 10.2. The molecule has 0 radical (unpaired) electrons. The van der Waals surface area contributed by atoms with Crippen LogP contribution in [0, 0.1) is 0 Å². The average molecular weight is 203 g/mol. The number of para-hydroxylation sites is 2. The third-order valence-electron chi connectivity index (χ3n) is 2.42. The summed E-state index contributed by atoms with van der Waals surface area (Å²) in [6.07, 6.45) is 1.67. The van der Waals surface area contributed by atoms with Crippen LogP contribution < -0.4 is 5.11 Å². The monoisotopic (exact) mass is 203 g/mol. The van der Waals surface area contributed by atoms with E-state index in [1.54, 1.807) is 6.33 Å². The highest BCUT2D eigenvalue weighted by Gasteiger charge is 2.08. The Labute approximate surface area is 87.2 Å². The first kappa shape index (κ1) is 9.71. The van der Waals surface area contributed by atoms with Crippen LogP contribution in [0.15, 0.2) is 30.6 Å². The Balaban J connectivity index is 2.39. The Hall–Kier alpha value is -1.84. The molecule has 4 nitrogen and oxygen atoms in total. The fourth-order valence-corrected chi connectivity index (χ4v) is 1.67. The number of benzene rings is 1. The number of carboxylic acids is 1. The second-order valence-electron chi connectivity index (χ2n) is 3.57. The Kier molecular flexibility index (Phi) is 2.41. The van der Waals surface area contributed by atoms with Crippen molar-refractivity contribution >= 4 is 17.0 Å². The summed E-state index contributed by atoms with van der Waals surface area (Å²) < 4.78 is 1.85. The number of aliphatic carboxylic acids is 1. The van der Waals surface area contributed by atoms with E-state index in [9.17, 15) is 9.90 Å². The normalized spacial score (nSPS) is 12.9. The molecular weight excluding hydrogens is 192 g/mol. The highest BCUT2D eigenvalue weighted by Crippen LogP contribution is 2.18. The van der Waals surface area contributed by atoms with Crippen LogP contribution in [0.2, 0.25) is 0 Å². The molecule has 1 heterocycles. The van der Waals surface area contributed by atoms with Crippen LogP contribution in [0.3, 0.4) is 0 Å². The van der Waals surface area contributed by atoms with Crippen molar-refractivity contribution in [2.45, 2.75) is 19.4 Å². The van der Waals surface area contributed by atoms with E-state index in [2.05, 4.69) is 4.98 Å². The lowest BCUT2D eigenvalue weighted by Crippen LogP contribution is -2.25. The molecule has 0 fully saturated rings. The fraction of sp³-hybridized carbons (Fsp3) is 0.273. The molecule has 4 heteroatoms. The topological polar surface area (TPSA) is 57.9 Å². The zero-order valence-corrected chi connectivity index (χ0v) is 8.38. The molecule has 1 aromatic carbocycles. The van der Waals surface area contributed by atoms with Gasteiger partial charge >= 0.3 is 0 Å². The number of carboxylic acid groups (broad SMARTS) is 1. The summed E-state index contributed by atoms with van der Waals surface area (Å²) in [5.41, 5.74) is 1.83. The fourth-order valence-electron chi connectivity index (χ4n) is 1.67. The Bertz CT molecular complexity index is 490. The highest BCUT2D eigenvalue weighted by molar-refractivity contribution is 5.75. The molecule has 0 saturated carbocycles. The minimum absolute atomic E-state index is 0.000351. The van der Waals surface area contributed by atoms with E-state index in [0.29, 0.717) is 0 Å². The molecule has 0 aliphatic carbocycles. The molecule has 0 aliphatic heterocycles. The van der Waals surface area contributed by atoms with E-state index in [0.717, 1.165) is 11.0 Å². The third-order valence-corrected chi connectivity index (χ3v) is 2.42. The summed E-state index contributed by atoms with van der Waals surface area (Å²) in [5.74, 6) is -1.04. The molecule has 0 amide bonds. The van der Waals surface area contributed by atoms with Crippen molar-refractivity contribution in [3.05, 3.63) is 30.6 Å². The third kappa shape index (κ3) is 1.83. The lowest BCUT2D eigenvalue weighted by Gasteiger charge is -2.14. The average Bonchev–Trinajstić information content (AvgIpc) is 2.59. The molecular formula is C11H11N2O2-. The highest BCUT2D eigenvalue weighted by atomic mass is 16.4. The summed E-state index contributed by atoms with van der Waals surface area (Å²) in [4.78, 5) is 14.7. The summed E-state index contributed by atoms with van der Waals surface area (Å²) in [6.45, 7) is 1.84. The predicted molar refractivity (Wildman–Crippen MR) is 54.1 cm³/mol. The van der Waals surface area contributed by atoms with Gasteiger partial charge in [-0.2, -0.15) is 0 Å². The molecule has 1 aromatic heterocycles. The summed E-state index contributed by atoms with van der Waals surface area (Å²) in [5, 5.41) is 10.5. The molecule has 0 N–H and O–H groups in total. The van der Waals surface area contributed by atoms with Crippen molar-refractivity contribution in [3.8, 4) is 0 Å². The van der Waals surface area contributed by atoms with Gasteiger partial charge in [0.2, 0.25) is 0 Å². The number of nitrogens with zero attached hydrogens (tertiary/aromatic N) is 2. The molecule has 0 spiro atoms. The summed E-state index contributed by atoms with van der Waals surface area (Å²) >= 11 is 0. The van der Waals surface area contributed by atoms with Gasteiger partial charge in [0.05, 0.1) is 17.4 Å². The van der Waals surface area contributed by atoms with Crippen molar-refractivity contribution in [2.75, 3.05) is 0 Å². The van der Waals surface area contributed by atoms with Gasteiger partial charge in [0.25, 0.3) is 0 Å². The number of fused-ring (bicyclic) bond motifs is 1. The molecule has 0 saturated heterocycles. The van der Waals surface area contributed by atoms with Crippen LogP contribution in [-0.4, -0.2) is 15.5 Å². The van der Waals surface area contributed by atoms with E-state index < -0.39 is 5.97 Å². The van der Waals surface area contributed by atoms with Gasteiger partial charge in [-0.3, -0.25) is 0 Å². The first-order valence-electron chi connectivity index (χ1n) is 4.80. The van der Waals surface area contributed by atoms with Gasteiger partial charge in [-0.1, -0.05) is 12.1 Å². The number of carbonyl (C=O) groups excluding carboxylic acids is 1. The van der Waals surface area contributed by atoms with Crippen molar-refractivity contribution in [1.29, 1.82) is 0 Å². The van der Waals surface area contributed by atoms with E-state index >= 15 is 0 Å². The molecule has 78 valence electrons. The second-order valence-corrected chi connectivity index (χ2v) is 3.57. The minimum atomic E-state index is -1.04. The zero-order chi connectivity index (χ0) is 10.8. The van der Waals surface area contributed by atoms with Crippen LogP contribution in [0.1, 0.15) is 19.4 Å². The van der Waals surface area contributed by atoms with Gasteiger partial charge in [0, 0.05) is 18.4 Å². The maximum Gasteiger partial charge on any atom is 0.0960 e. The quantitative estimate of drug-likeness (QED) is 0.739. The zero-order valence-electron chi connectivity index (χ0n) is 8.38. The molecule has 1 atom stereocenters. The predicted octanol–water partition coefficient (Wildman–Crippen LogP) is 0.737. The number of carbonyl (C=O) groups is 1. The van der Waals surface area contributed by atoms with Crippen LogP contribution in [0.25, 0.3) is 11.0 Å². The number of hydrogen-bond donors (Lipinski definition) is 0. The van der Waals surface area contributed by atoms with Gasteiger partial charge in [-0.25, -0.2) is 4.98 Å². The largest absolute Gasteiger partial charge is 0.550 e. The van der Waals surface area contributed by atoms with Gasteiger partial charge < -0.3 is 14.5 Å². The maximum atomic E-state index is 10.5. The van der Waals surface area contributed by atoms with Gasteiger partial charge in [-0.05, 0) is 19.1 Å². The van der Waals surface area contributed by atoms with Crippen molar-refractivity contribution in [3.63, 3.8) is 0 Å². The van der Waals surface area contributed by atoms with Gasteiger partial charge in [0.1, 0.15) is 0 Å². The van der Waals surface area contributed by atoms with Gasteiger partial charge in [0.15, 0.2) is 0 Å². The van der Waals surface area contributed by atoms with Crippen LogP contribution in [0.4, 0.5) is 0 Å². The van der Waals surface area contributed by atoms with Crippen LogP contribution in [-0.2, 0) is 4.79 Å².